The summed E-state index contributed by atoms with van der Waals surface area (Å²) in [5.41, 5.74) is 9.44. The summed E-state index contributed by atoms with van der Waals surface area (Å²) in [7, 11) is 0. The average Bonchev–Trinajstić information content (AvgIpc) is 3.48. The van der Waals surface area contributed by atoms with Gasteiger partial charge in [-0.1, -0.05) is 162 Å². The van der Waals surface area contributed by atoms with Crippen LogP contribution in [-0.2, 0) is 18.8 Å². The molecule has 8 aromatic rings. The third-order valence-corrected chi connectivity index (χ3v) is 10.3. The number of aromatic nitrogens is 1. The van der Waals surface area contributed by atoms with Crippen LogP contribution in [0.15, 0.2) is 193 Å². The maximum absolute atomic E-state index is 7.19. The molecule has 0 fully saturated rings. The Morgan fingerprint density at radius 2 is 1.06 bits per heavy atom. The van der Waals surface area contributed by atoms with Gasteiger partial charge in [0.1, 0.15) is 18.1 Å². The summed E-state index contributed by atoms with van der Waals surface area (Å²) >= 11 is 3.63. The van der Waals surface area contributed by atoms with Crippen LogP contribution in [0.5, 0.6) is 11.5 Å². The number of fused-ring (bicyclic) bond motifs is 1. The lowest BCUT2D eigenvalue weighted by Gasteiger charge is -2.36. The molecule has 0 saturated heterocycles. The van der Waals surface area contributed by atoms with E-state index in [4.69, 9.17) is 9.47 Å². The van der Waals surface area contributed by atoms with Gasteiger partial charge in [-0.15, -0.1) is 0 Å². The van der Waals surface area contributed by atoms with Crippen molar-refractivity contribution in [2.75, 3.05) is 0 Å². The summed E-state index contributed by atoms with van der Waals surface area (Å²) < 4.78 is 16.9. The van der Waals surface area contributed by atoms with Crippen LogP contribution in [0.4, 0.5) is 0 Å². The average molecular weight is 741 g/mol. The van der Waals surface area contributed by atoms with E-state index in [0.29, 0.717) is 13.2 Å². The zero-order chi connectivity index (χ0) is 35.3. The lowest BCUT2D eigenvalue weighted by molar-refractivity contribution is 0.155. The number of benzene rings is 7. The van der Waals surface area contributed by atoms with Crippen molar-refractivity contribution in [2.24, 2.45) is 0 Å². The fourth-order valence-electron chi connectivity index (χ4n) is 7.19. The van der Waals surface area contributed by atoms with Crippen LogP contribution in [0.3, 0.4) is 0 Å². The fraction of sp³-hybridized carbons (Fsp3) is 0.0833. The highest BCUT2D eigenvalue weighted by molar-refractivity contribution is 9.10. The van der Waals surface area contributed by atoms with Crippen LogP contribution in [0.1, 0.15) is 33.4 Å². The van der Waals surface area contributed by atoms with Crippen LogP contribution in [0.2, 0.25) is 0 Å². The minimum Gasteiger partial charge on any atom is -0.489 e. The summed E-state index contributed by atoms with van der Waals surface area (Å²) in [6.07, 6.45) is 0. The second-order valence-electron chi connectivity index (χ2n) is 13.0. The first-order valence-corrected chi connectivity index (χ1v) is 18.4. The van der Waals surface area contributed by atoms with Crippen LogP contribution >= 0.6 is 15.9 Å². The van der Waals surface area contributed by atoms with E-state index in [2.05, 4.69) is 179 Å². The molecule has 3 nitrogen and oxygen atoms in total. The van der Waals surface area contributed by atoms with Crippen LogP contribution < -0.4 is 9.47 Å². The third-order valence-electron chi connectivity index (χ3n) is 9.73. The van der Waals surface area contributed by atoms with Crippen molar-refractivity contribution in [1.82, 2.24) is 4.57 Å². The second-order valence-corrected chi connectivity index (χ2v) is 14.0. The monoisotopic (exact) mass is 739 g/mol. The van der Waals surface area contributed by atoms with Crippen molar-refractivity contribution < 1.29 is 9.47 Å². The molecule has 7 aromatic carbocycles. The predicted molar refractivity (Wildman–Crippen MR) is 216 cm³/mol. The predicted octanol–water partition coefficient (Wildman–Crippen LogP) is 12.4. The summed E-state index contributed by atoms with van der Waals surface area (Å²) in [6.45, 7) is 3.44. The SMILES string of the molecule is Cc1c(-c2ccc(Br)cc2)n(Cc2ccc(OC(c3ccccc3)(c3ccccc3)c3ccccc3)cc2)c2ccc(OCc3ccccc3)cc12. The van der Waals surface area contributed by atoms with E-state index >= 15 is 0 Å². The van der Waals surface area contributed by atoms with Gasteiger partial charge in [0, 0.05) is 38.6 Å². The number of rotatable bonds is 11. The lowest BCUT2D eigenvalue weighted by atomic mass is 9.80. The molecule has 8 rings (SSSR count). The number of hydrogen-bond donors (Lipinski definition) is 0. The van der Waals surface area contributed by atoms with Crippen LogP contribution in [0.25, 0.3) is 22.2 Å². The van der Waals surface area contributed by atoms with E-state index in [9.17, 15) is 0 Å². The Kier molecular flexibility index (Phi) is 9.48. The highest BCUT2D eigenvalue weighted by atomic mass is 79.9. The zero-order valence-corrected chi connectivity index (χ0v) is 30.5. The lowest BCUT2D eigenvalue weighted by Crippen LogP contribution is -2.36. The largest absolute Gasteiger partial charge is 0.489 e. The molecular weight excluding hydrogens is 702 g/mol. The van der Waals surface area contributed by atoms with E-state index in [1.165, 1.54) is 33.3 Å². The van der Waals surface area contributed by atoms with E-state index in [-0.39, 0.29) is 0 Å². The number of aryl methyl sites for hydroxylation is 1. The molecule has 4 heteroatoms. The summed E-state index contributed by atoms with van der Waals surface area (Å²) in [5, 5.41) is 1.18. The highest BCUT2D eigenvalue weighted by Crippen LogP contribution is 2.42. The first-order valence-electron chi connectivity index (χ1n) is 17.6. The van der Waals surface area contributed by atoms with E-state index in [0.717, 1.165) is 38.2 Å². The quantitative estimate of drug-likeness (QED) is 0.123. The van der Waals surface area contributed by atoms with Gasteiger partial charge in [0.2, 0.25) is 0 Å². The van der Waals surface area contributed by atoms with E-state index in [1.54, 1.807) is 0 Å². The van der Waals surface area contributed by atoms with E-state index in [1.807, 2.05) is 36.4 Å². The van der Waals surface area contributed by atoms with Crippen LogP contribution in [-0.4, -0.2) is 4.57 Å². The van der Waals surface area contributed by atoms with Gasteiger partial charge in [0.25, 0.3) is 0 Å². The van der Waals surface area contributed by atoms with Gasteiger partial charge in [0.05, 0.1) is 5.69 Å². The Labute approximate surface area is 313 Å². The molecule has 1 aromatic heterocycles. The molecule has 0 unspecified atom stereocenters. The standard InChI is InChI=1S/C48H38BrNO2/c1-35-45-32-44(51-34-37-14-6-2-7-15-37)30-31-46(45)50(47(35)38-24-26-42(49)27-25-38)33-36-22-28-43(29-23-36)52-48(39-16-8-3-9-17-39,40-18-10-4-11-19-40)41-20-12-5-13-21-41/h2-32H,33-34H2,1H3. The Morgan fingerprint density at radius 3 is 1.62 bits per heavy atom. The fourth-order valence-corrected chi connectivity index (χ4v) is 7.46. The Hall–Kier alpha value is -5.84. The van der Waals surface area contributed by atoms with Gasteiger partial charge < -0.3 is 14.0 Å². The normalized spacial score (nSPS) is 11.4. The topological polar surface area (TPSA) is 23.4 Å². The highest BCUT2D eigenvalue weighted by Gasteiger charge is 2.39. The third kappa shape index (κ3) is 6.66. The Morgan fingerprint density at radius 1 is 0.538 bits per heavy atom. The minimum atomic E-state index is -0.839. The summed E-state index contributed by atoms with van der Waals surface area (Å²) in [5.74, 6) is 1.65. The van der Waals surface area contributed by atoms with Crippen molar-refractivity contribution in [2.45, 2.75) is 25.7 Å². The summed E-state index contributed by atoms with van der Waals surface area (Å²) in [4.78, 5) is 0. The van der Waals surface area contributed by atoms with Gasteiger partial charge in [-0.2, -0.15) is 0 Å². The van der Waals surface area contributed by atoms with Gasteiger partial charge in [-0.05, 0) is 71.6 Å². The molecule has 0 aliphatic heterocycles. The molecule has 1 heterocycles. The molecule has 0 N–H and O–H groups in total. The molecule has 0 radical (unpaired) electrons. The molecule has 52 heavy (non-hydrogen) atoms. The number of hydrogen-bond acceptors (Lipinski definition) is 2. The van der Waals surface area contributed by atoms with Crippen molar-refractivity contribution >= 4 is 26.8 Å². The molecule has 254 valence electrons. The minimum absolute atomic E-state index is 0.528. The molecule has 0 aliphatic rings. The number of ether oxygens (including phenoxy) is 2. The molecule has 0 spiro atoms. The van der Waals surface area contributed by atoms with Crippen molar-refractivity contribution in [3.05, 3.63) is 226 Å². The first-order chi connectivity index (χ1) is 25.6. The number of nitrogens with zero attached hydrogens (tertiary/aromatic N) is 1. The first kappa shape index (κ1) is 33.3. The molecule has 0 bridgehead atoms. The van der Waals surface area contributed by atoms with Crippen molar-refractivity contribution in [1.29, 1.82) is 0 Å². The molecular formula is C48H38BrNO2. The maximum Gasteiger partial charge on any atom is 0.184 e. The van der Waals surface area contributed by atoms with Crippen LogP contribution in [0, 0.1) is 6.92 Å². The van der Waals surface area contributed by atoms with E-state index < -0.39 is 5.60 Å². The maximum atomic E-state index is 7.19. The van der Waals surface area contributed by atoms with Gasteiger partial charge in [-0.3, -0.25) is 0 Å². The summed E-state index contributed by atoms with van der Waals surface area (Å²) in [6, 6.07) is 65.4. The van der Waals surface area contributed by atoms with Crippen molar-refractivity contribution in [3.8, 4) is 22.8 Å². The molecule has 0 atom stereocenters. The molecule has 0 saturated carbocycles. The van der Waals surface area contributed by atoms with Gasteiger partial charge in [-0.25, -0.2) is 0 Å². The Bertz CT molecular complexity index is 2290. The Balaban J connectivity index is 1.16. The molecule has 0 amide bonds. The molecule has 0 aliphatic carbocycles. The van der Waals surface area contributed by atoms with Gasteiger partial charge in [0.15, 0.2) is 5.60 Å². The van der Waals surface area contributed by atoms with Crippen molar-refractivity contribution in [3.63, 3.8) is 0 Å². The number of halogens is 1. The zero-order valence-electron chi connectivity index (χ0n) is 29.0. The second kappa shape index (κ2) is 14.8. The van der Waals surface area contributed by atoms with Gasteiger partial charge >= 0.3 is 0 Å². The smallest absolute Gasteiger partial charge is 0.184 e.